The van der Waals surface area contributed by atoms with Crippen molar-refractivity contribution in [3.8, 4) is 0 Å². The Bertz CT molecular complexity index is 389. The van der Waals surface area contributed by atoms with Crippen LogP contribution >= 0.6 is 0 Å². The Morgan fingerprint density at radius 3 is 2.88 bits per heavy atom. The molecule has 1 rings (SSSR count). The van der Waals surface area contributed by atoms with Gasteiger partial charge < -0.3 is 15.7 Å². The number of aliphatic hydroxyl groups excluding tert-OH is 1. The summed E-state index contributed by atoms with van der Waals surface area (Å²) in [6, 6.07) is 7.66. The van der Waals surface area contributed by atoms with Crippen LogP contribution in [0.4, 0.5) is 4.79 Å². The van der Waals surface area contributed by atoms with E-state index < -0.39 is 0 Å². The molecule has 0 bridgehead atoms. The first kappa shape index (κ1) is 13.3. The third kappa shape index (κ3) is 5.17. The monoisotopic (exact) mass is 234 g/mol. The van der Waals surface area contributed by atoms with E-state index in [1.165, 1.54) is 0 Å². The minimum Gasteiger partial charge on any atom is -0.396 e. The van der Waals surface area contributed by atoms with Gasteiger partial charge in [-0.1, -0.05) is 24.3 Å². The number of carbonyl (C=O) groups is 1. The van der Waals surface area contributed by atoms with Crippen LogP contribution in [0, 0.1) is 6.92 Å². The summed E-state index contributed by atoms with van der Waals surface area (Å²) in [5.41, 5.74) is 2.23. The molecule has 4 heteroatoms. The number of carbonyl (C=O) groups excluding carboxylic acids is 1. The van der Waals surface area contributed by atoms with Gasteiger partial charge in [-0.3, -0.25) is 0 Å². The van der Waals surface area contributed by atoms with E-state index >= 15 is 0 Å². The fourth-order valence-corrected chi connectivity index (χ4v) is 1.31. The molecule has 0 unspecified atom stereocenters. The van der Waals surface area contributed by atoms with E-state index in [-0.39, 0.29) is 12.6 Å². The van der Waals surface area contributed by atoms with Crippen molar-refractivity contribution < 1.29 is 9.90 Å². The molecule has 2 amide bonds. The summed E-state index contributed by atoms with van der Waals surface area (Å²) in [4.78, 5) is 11.2. The van der Waals surface area contributed by atoms with Crippen LogP contribution in [-0.4, -0.2) is 24.3 Å². The second kappa shape index (κ2) is 7.46. The normalized spacial score (nSPS) is 10.5. The van der Waals surface area contributed by atoms with Gasteiger partial charge in [0.05, 0.1) is 0 Å². The quantitative estimate of drug-likeness (QED) is 0.678. The smallest absolute Gasteiger partial charge is 0.318 e. The van der Waals surface area contributed by atoms with Crippen LogP contribution in [0.1, 0.15) is 17.5 Å². The molecular weight excluding hydrogens is 216 g/mol. The summed E-state index contributed by atoms with van der Waals surface area (Å²) in [7, 11) is 0. The molecule has 0 aliphatic heterocycles. The van der Waals surface area contributed by atoms with Gasteiger partial charge in [-0.05, 0) is 30.5 Å². The van der Waals surface area contributed by atoms with E-state index in [0.29, 0.717) is 13.0 Å². The number of urea groups is 1. The number of aryl methyl sites for hydroxylation is 1. The van der Waals surface area contributed by atoms with Crippen molar-refractivity contribution in [2.75, 3.05) is 13.2 Å². The van der Waals surface area contributed by atoms with Crippen molar-refractivity contribution >= 4 is 12.1 Å². The van der Waals surface area contributed by atoms with Gasteiger partial charge in [0.25, 0.3) is 0 Å². The molecule has 0 saturated heterocycles. The zero-order valence-electron chi connectivity index (χ0n) is 9.94. The topological polar surface area (TPSA) is 61.4 Å². The Kier molecular flexibility index (Phi) is 5.82. The van der Waals surface area contributed by atoms with Crippen molar-refractivity contribution in [3.63, 3.8) is 0 Å². The maximum absolute atomic E-state index is 11.2. The number of hydrogen-bond donors (Lipinski definition) is 3. The summed E-state index contributed by atoms with van der Waals surface area (Å²) in [5.74, 6) is 0. The van der Waals surface area contributed by atoms with E-state index in [4.69, 9.17) is 5.11 Å². The lowest BCUT2D eigenvalue weighted by Gasteiger charge is -2.03. The number of hydrogen-bond acceptors (Lipinski definition) is 2. The Morgan fingerprint density at radius 2 is 2.18 bits per heavy atom. The highest BCUT2D eigenvalue weighted by atomic mass is 16.3. The van der Waals surface area contributed by atoms with Gasteiger partial charge in [-0.15, -0.1) is 0 Å². The Labute approximate surface area is 101 Å². The zero-order valence-corrected chi connectivity index (χ0v) is 9.94. The van der Waals surface area contributed by atoms with Crippen molar-refractivity contribution in [3.05, 3.63) is 41.6 Å². The van der Waals surface area contributed by atoms with Crippen LogP contribution in [0.15, 0.2) is 30.5 Å². The second-order valence-electron chi connectivity index (χ2n) is 3.67. The molecule has 0 fully saturated rings. The summed E-state index contributed by atoms with van der Waals surface area (Å²) in [6.45, 7) is 2.57. The minimum absolute atomic E-state index is 0.0827. The molecule has 0 heterocycles. The summed E-state index contributed by atoms with van der Waals surface area (Å²) in [5, 5.41) is 13.8. The molecule has 0 aliphatic rings. The standard InChI is InChI=1S/C13H18N2O2/c1-11-5-2-3-6-12(11)7-9-15-13(17)14-8-4-10-16/h2-3,5-7,9,16H,4,8,10H2,1H3,(H2,14,15,17)/b9-7+. The van der Waals surface area contributed by atoms with Crippen molar-refractivity contribution in [1.29, 1.82) is 0 Å². The molecule has 1 aromatic carbocycles. The van der Waals surface area contributed by atoms with Gasteiger partial charge in [0.2, 0.25) is 0 Å². The molecule has 0 spiro atoms. The van der Waals surface area contributed by atoms with Crippen LogP contribution in [0.5, 0.6) is 0 Å². The molecule has 0 radical (unpaired) electrons. The van der Waals surface area contributed by atoms with Crippen molar-refractivity contribution in [2.45, 2.75) is 13.3 Å². The first-order valence-corrected chi connectivity index (χ1v) is 5.61. The largest absolute Gasteiger partial charge is 0.396 e. The molecular formula is C13H18N2O2. The zero-order chi connectivity index (χ0) is 12.5. The third-order valence-corrected chi connectivity index (χ3v) is 2.29. The number of nitrogens with one attached hydrogen (secondary N) is 2. The Morgan fingerprint density at radius 1 is 1.41 bits per heavy atom. The maximum atomic E-state index is 11.2. The Balaban J connectivity index is 2.35. The van der Waals surface area contributed by atoms with Gasteiger partial charge in [0, 0.05) is 19.4 Å². The van der Waals surface area contributed by atoms with Crippen molar-refractivity contribution in [1.82, 2.24) is 10.6 Å². The van der Waals surface area contributed by atoms with Gasteiger partial charge >= 0.3 is 6.03 Å². The first-order chi connectivity index (χ1) is 8.24. The molecule has 92 valence electrons. The maximum Gasteiger partial charge on any atom is 0.318 e. The third-order valence-electron chi connectivity index (χ3n) is 2.29. The highest BCUT2D eigenvalue weighted by molar-refractivity contribution is 5.75. The lowest BCUT2D eigenvalue weighted by molar-refractivity contribution is 0.241. The van der Waals surface area contributed by atoms with Crippen molar-refractivity contribution in [2.24, 2.45) is 0 Å². The second-order valence-corrected chi connectivity index (χ2v) is 3.67. The average molecular weight is 234 g/mol. The fraction of sp³-hybridized carbons (Fsp3) is 0.308. The first-order valence-electron chi connectivity index (χ1n) is 5.61. The number of aliphatic hydroxyl groups is 1. The molecule has 17 heavy (non-hydrogen) atoms. The lowest BCUT2D eigenvalue weighted by Crippen LogP contribution is -2.33. The molecule has 4 nitrogen and oxygen atoms in total. The Hall–Kier alpha value is -1.81. The SMILES string of the molecule is Cc1ccccc1/C=C/NC(=O)NCCCO. The molecule has 0 saturated carbocycles. The summed E-state index contributed by atoms with van der Waals surface area (Å²) >= 11 is 0. The van der Waals surface area contributed by atoms with Crippen LogP contribution in [0.2, 0.25) is 0 Å². The van der Waals surface area contributed by atoms with Crippen LogP contribution in [0.3, 0.4) is 0 Å². The van der Waals surface area contributed by atoms with Crippen LogP contribution in [0.25, 0.3) is 6.08 Å². The van der Waals surface area contributed by atoms with E-state index in [1.807, 2.05) is 37.3 Å². The van der Waals surface area contributed by atoms with Gasteiger partial charge in [0.1, 0.15) is 0 Å². The van der Waals surface area contributed by atoms with E-state index in [2.05, 4.69) is 10.6 Å². The molecule has 0 aliphatic carbocycles. The number of rotatable bonds is 5. The van der Waals surface area contributed by atoms with Gasteiger partial charge in [0.15, 0.2) is 0 Å². The fourth-order valence-electron chi connectivity index (χ4n) is 1.31. The summed E-state index contributed by atoms with van der Waals surface area (Å²) in [6.07, 6.45) is 4.02. The molecule has 1 aromatic rings. The molecule has 0 aromatic heterocycles. The average Bonchev–Trinajstić information content (AvgIpc) is 2.32. The highest BCUT2D eigenvalue weighted by Gasteiger charge is 1.95. The number of benzene rings is 1. The predicted molar refractivity (Wildman–Crippen MR) is 68.5 cm³/mol. The predicted octanol–water partition coefficient (Wildman–Crippen LogP) is 1.65. The summed E-state index contributed by atoms with van der Waals surface area (Å²) < 4.78 is 0. The van der Waals surface area contributed by atoms with Gasteiger partial charge in [-0.2, -0.15) is 0 Å². The van der Waals surface area contributed by atoms with E-state index in [1.54, 1.807) is 6.20 Å². The minimum atomic E-state index is -0.261. The number of amides is 2. The molecule has 0 atom stereocenters. The van der Waals surface area contributed by atoms with Crippen LogP contribution in [-0.2, 0) is 0 Å². The van der Waals surface area contributed by atoms with E-state index in [0.717, 1.165) is 11.1 Å². The molecule has 3 N–H and O–H groups in total. The van der Waals surface area contributed by atoms with Gasteiger partial charge in [-0.25, -0.2) is 4.79 Å². The van der Waals surface area contributed by atoms with E-state index in [9.17, 15) is 4.79 Å². The highest BCUT2D eigenvalue weighted by Crippen LogP contribution is 2.07. The van der Waals surface area contributed by atoms with Crippen LogP contribution < -0.4 is 10.6 Å². The lowest BCUT2D eigenvalue weighted by atomic mass is 10.1.